The Bertz CT molecular complexity index is 1270. The van der Waals surface area contributed by atoms with Crippen LogP contribution < -0.4 is 0 Å². The number of benzene rings is 2. The Balaban J connectivity index is 1.84. The Labute approximate surface area is 224 Å². The number of hydrogen-bond donors (Lipinski definition) is 1. The van der Waals surface area contributed by atoms with Gasteiger partial charge in [0.1, 0.15) is 11.9 Å². The highest BCUT2D eigenvalue weighted by Gasteiger charge is 2.27. The van der Waals surface area contributed by atoms with E-state index in [0.29, 0.717) is 19.6 Å². The molecule has 2 aromatic carbocycles. The van der Waals surface area contributed by atoms with E-state index >= 15 is 0 Å². The van der Waals surface area contributed by atoms with Crippen molar-refractivity contribution >= 4 is 12.0 Å². The Morgan fingerprint density at radius 2 is 1.71 bits per heavy atom. The van der Waals surface area contributed by atoms with Crippen LogP contribution in [0.25, 0.3) is 17.2 Å². The largest absolute Gasteiger partial charge is 0.458 e. The minimum atomic E-state index is -0.726. The maximum atomic E-state index is 13.9. The van der Waals surface area contributed by atoms with E-state index in [1.807, 2.05) is 42.5 Å². The molecule has 1 aliphatic heterocycles. The van der Waals surface area contributed by atoms with Gasteiger partial charge in [0.2, 0.25) is 0 Å². The molecule has 1 aromatic heterocycles. The maximum Gasteiger partial charge on any atom is 0.309 e. The number of carbonyl (C=O) groups is 1. The first-order valence-corrected chi connectivity index (χ1v) is 13.2. The minimum Gasteiger partial charge on any atom is -0.458 e. The number of aliphatic hydroxyl groups excluding tert-OH is 1. The van der Waals surface area contributed by atoms with Gasteiger partial charge in [-0.25, -0.2) is 4.39 Å². The minimum absolute atomic E-state index is 0.00988. The van der Waals surface area contributed by atoms with Gasteiger partial charge in [0.25, 0.3) is 0 Å². The van der Waals surface area contributed by atoms with E-state index in [1.54, 1.807) is 12.1 Å². The van der Waals surface area contributed by atoms with Crippen molar-refractivity contribution in [2.24, 2.45) is 0 Å². The van der Waals surface area contributed by atoms with E-state index in [9.17, 15) is 14.3 Å². The second-order valence-corrected chi connectivity index (χ2v) is 10.4. The number of aliphatic hydroxyl groups is 1. The topological polar surface area (TPSA) is 68.7 Å². The highest BCUT2D eigenvalue weighted by Crippen LogP contribution is 2.38. The highest BCUT2D eigenvalue weighted by molar-refractivity contribution is 5.80. The molecule has 3 aromatic rings. The first kappa shape index (κ1) is 27.7. The molecule has 0 amide bonds. The number of carbonyl (C=O) groups excluding carboxylic acids is 1. The summed E-state index contributed by atoms with van der Waals surface area (Å²) in [7, 11) is 0. The summed E-state index contributed by atoms with van der Waals surface area (Å²) in [4.78, 5) is 17.1. The van der Waals surface area contributed by atoms with Gasteiger partial charge in [0.15, 0.2) is 0 Å². The molecule has 0 bridgehead atoms. The van der Waals surface area contributed by atoms with Crippen LogP contribution >= 0.6 is 0 Å². The summed E-state index contributed by atoms with van der Waals surface area (Å²) >= 11 is 0. The normalized spacial score (nSPS) is 17.9. The Hall–Kier alpha value is -3.35. The van der Waals surface area contributed by atoms with Gasteiger partial charge in [0.05, 0.1) is 31.4 Å². The maximum absolute atomic E-state index is 13.9. The molecule has 38 heavy (non-hydrogen) atoms. The van der Waals surface area contributed by atoms with E-state index in [0.717, 1.165) is 39.2 Å². The van der Waals surface area contributed by atoms with E-state index < -0.39 is 18.2 Å². The predicted molar refractivity (Wildman–Crippen MR) is 147 cm³/mol. The van der Waals surface area contributed by atoms with Crippen LogP contribution in [-0.4, -0.2) is 28.3 Å². The molecule has 2 unspecified atom stereocenters. The lowest BCUT2D eigenvalue weighted by Gasteiger charge is -2.25. The zero-order valence-electron chi connectivity index (χ0n) is 22.5. The summed E-state index contributed by atoms with van der Waals surface area (Å²) in [6.45, 7) is 9.19. The summed E-state index contributed by atoms with van der Waals surface area (Å²) in [6, 6.07) is 16.5. The third kappa shape index (κ3) is 6.74. The van der Waals surface area contributed by atoms with Gasteiger partial charge in [-0.3, -0.25) is 9.78 Å². The third-order valence-corrected chi connectivity index (χ3v) is 6.65. The zero-order valence-corrected chi connectivity index (χ0v) is 22.5. The molecule has 1 N–H and O–H groups in total. The van der Waals surface area contributed by atoms with Crippen LogP contribution in [0, 0.1) is 5.82 Å². The van der Waals surface area contributed by atoms with Gasteiger partial charge < -0.3 is 14.6 Å². The molecule has 2 atom stereocenters. The number of aromatic nitrogens is 1. The summed E-state index contributed by atoms with van der Waals surface area (Å²) in [5.41, 5.74) is 6.54. The van der Waals surface area contributed by atoms with Crippen LogP contribution in [0.4, 0.5) is 4.39 Å². The third-order valence-electron chi connectivity index (χ3n) is 6.65. The number of cyclic esters (lactones) is 1. The molecule has 0 saturated carbocycles. The monoisotopic (exact) mass is 517 g/mol. The average Bonchev–Trinajstić information content (AvgIpc) is 2.87. The van der Waals surface area contributed by atoms with E-state index in [2.05, 4.69) is 27.7 Å². The molecule has 200 valence electrons. The van der Waals surface area contributed by atoms with Crippen LogP contribution in [-0.2, 0) is 27.5 Å². The summed E-state index contributed by atoms with van der Waals surface area (Å²) in [5, 5.41) is 10.1. The predicted octanol–water partition coefficient (Wildman–Crippen LogP) is 6.93. The van der Waals surface area contributed by atoms with Crippen molar-refractivity contribution < 1.29 is 23.8 Å². The van der Waals surface area contributed by atoms with Gasteiger partial charge >= 0.3 is 5.97 Å². The van der Waals surface area contributed by atoms with Crippen molar-refractivity contribution in [3.05, 3.63) is 94.6 Å². The van der Waals surface area contributed by atoms with Crippen LogP contribution in [0.1, 0.15) is 80.5 Å². The molecular formula is C32H36FNO4. The van der Waals surface area contributed by atoms with Gasteiger partial charge in [-0.15, -0.1) is 0 Å². The Morgan fingerprint density at radius 3 is 2.34 bits per heavy atom. The second-order valence-electron chi connectivity index (χ2n) is 10.4. The molecule has 0 spiro atoms. The molecule has 4 rings (SSSR count). The van der Waals surface area contributed by atoms with Gasteiger partial charge in [-0.2, -0.15) is 0 Å². The molecule has 1 saturated heterocycles. The Morgan fingerprint density at radius 1 is 1.03 bits per heavy atom. The molecular weight excluding hydrogens is 481 g/mol. The van der Waals surface area contributed by atoms with Crippen molar-refractivity contribution in [1.82, 2.24) is 4.98 Å². The van der Waals surface area contributed by atoms with E-state index in [1.165, 1.54) is 12.1 Å². The van der Waals surface area contributed by atoms with E-state index in [4.69, 9.17) is 14.5 Å². The first-order valence-electron chi connectivity index (χ1n) is 13.2. The number of esters is 1. The number of halogens is 1. The molecule has 6 heteroatoms. The Kier molecular flexibility index (Phi) is 9.08. The van der Waals surface area contributed by atoms with Gasteiger partial charge in [0, 0.05) is 23.2 Å². The fraction of sp³-hybridized carbons (Fsp3) is 0.375. The number of nitrogens with zero attached hydrogens (tertiary/aromatic N) is 1. The number of ether oxygens (including phenoxy) is 2. The highest BCUT2D eigenvalue weighted by atomic mass is 19.1. The first-order chi connectivity index (χ1) is 18.2. The summed E-state index contributed by atoms with van der Waals surface area (Å²) in [5.74, 6) is -0.484. The van der Waals surface area contributed by atoms with Gasteiger partial charge in [-0.1, -0.05) is 76.2 Å². The fourth-order valence-electron chi connectivity index (χ4n) is 4.83. The number of rotatable bonds is 9. The van der Waals surface area contributed by atoms with Crippen LogP contribution in [0.5, 0.6) is 0 Å². The van der Waals surface area contributed by atoms with Crippen LogP contribution in [0.15, 0.2) is 60.7 Å². The van der Waals surface area contributed by atoms with Gasteiger partial charge in [-0.05, 0) is 46.7 Å². The molecule has 0 aliphatic carbocycles. The van der Waals surface area contributed by atoms with Crippen LogP contribution in [0.3, 0.4) is 0 Å². The van der Waals surface area contributed by atoms with Crippen molar-refractivity contribution in [2.45, 2.75) is 77.8 Å². The quantitative estimate of drug-likeness (QED) is 0.312. The number of pyridine rings is 1. The van der Waals surface area contributed by atoms with E-state index in [-0.39, 0.29) is 24.1 Å². The lowest BCUT2D eigenvalue weighted by atomic mass is 9.87. The molecule has 2 heterocycles. The molecule has 1 fully saturated rings. The summed E-state index contributed by atoms with van der Waals surface area (Å²) in [6.07, 6.45) is 2.85. The SMILES string of the molecule is CC(C)c1nc(C(C)C)c(COCc2ccccc2)c(-c2ccc(F)cc2)c1/C=C/C1CC(O)CC(=O)O1. The lowest BCUT2D eigenvalue weighted by molar-refractivity contribution is -0.156. The molecule has 1 aliphatic rings. The van der Waals surface area contributed by atoms with Crippen molar-refractivity contribution in [3.63, 3.8) is 0 Å². The molecule has 0 radical (unpaired) electrons. The average molecular weight is 518 g/mol. The molecule has 5 nitrogen and oxygen atoms in total. The summed E-state index contributed by atoms with van der Waals surface area (Å²) < 4.78 is 25.6. The zero-order chi connectivity index (χ0) is 27.2. The second kappa shape index (κ2) is 12.5. The smallest absolute Gasteiger partial charge is 0.309 e. The fourth-order valence-corrected chi connectivity index (χ4v) is 4.83. The van der Waals surface area contributed by atoms with Crippen molar-refractivity contribution in [1.29, 1.82) is 0 Å². The van der Waals surface area contributed by atoms with Crippen molar-refractivity contribution in [2.75, 3.05) is 0 Å². The number of hydrogen-bond acceptors (Lipinski definition) is 5. The van der Waals surface area contributed by atoms with Crippen molar-refractivity contribution in [3.8, 4) is 11.1 Å². The van der Waals surface area contributed by atoms with Crippen LogP contribution in [0.2, 0.25) is 0 Å². The lowest BCUT2D eigenvalue weighted by Crippen LogP contribution is -2.31. The standard InChI is InChI=1S/C32H36FNO4/c1-20(2)31-27(15-14-26-16-25(35)17-29(36)38-26)30(23-10-12-24(33)13-11-23)28(32(34-31)21(3)4)19-37-18-22-8-6-5-7-9-22/h5-15,20-21,25-26,35H,16-19H2,1-4H3/b15-14+.